The zero-order valence-corrected chi connectivity index (χ0v) is 11.4. The van der Waals surface area contributed by atoms with Crippen molar-refractivity contribution in [2.45, 2.75) is 31.4 Å². The van der Waals surface area contributed by atoms with Gasteiger partial charge in [0.2, 0.25) is 0 Å². The van der Waals surface area contributed by atoms with Gasteiger partial charge in [0.25, 0.3) is 0 Å². The Morgan fingerprint density at radius 3 is 2.84 bits per heavy atom. The van der Waals surface area contributed by atoms with E-state index in [0.717, 1.165) is 19.4 Å². The predicted molar refractivity (Wildman–Crippen MR) is 68.1 cm³/mol. The average Bonchev–Trinajstić information content (AvgIpc) is 2.86. The number of carboxylic acid groups (broad SMARTS) is 1. The van der Waals surface area contributed by atoms with Gasteiger partial charge in [-0.1, -0.05) is 0 Å². The first-order chi connectivity index (χ1) is 9.04. The number of likely N-dealkylation sites (N-methyl/N-ethyl adjacent to an activating group) is 1. The highest BCUT2D eigenvalue weighted by atomic mass is 16.5. The number of aliphatic carboxylic acids is 1. The molecule has 0 saturated carbocycles. The number of nitrogens with zero attached hydrogens (tertiary/aromatic N) is 1. The minimum Gasteiger partial charge on any atom is -0.480 e. The minimum atomic E-state index is -1.06. The number of carbonyl (C=O) groups excluding carboxylic acids is 1. The van der Waals surface area contributed by atoms with Crippen LogP contribution in [-0.2, 0) is 14.3 Å². The molecule has 7 nitrogen and oxygen atoms in total. The third kappa shape index (κ3) is 5.44. The molecular formula is C12H22N2O5. The molecule has 2 N–H and O–H groups in total. The number of urea groups is 1. The second kappa shape index (κ2) is 7.96. The van der Waals surface area contributed by atoms with Crippen LogP contribution >= 0.6 is 0 Å². The van der Waals surface area contributed by atoms with Crippen LogP contribution < -0.4 is 5.32 Å². The summed E-state index contributed by atoms with van der Waals surface area (Å²) in [5.41, 5.74) is 0. The number of carboxylic acids is 1. The first kappa shape index (κ1) is 15.7. The Kier molecular flexibility index (Phi) is 6.58. The van der Waals surface area contributed by atoms with Gasteiger partial charge in [-0.2, -0.15) is 0 Å². The van der Waals surface area contributed by atoms with E-state index in [4.69, 9.17) is 14.6 Å². The van der Waals surface area contributed by atoms with Crippen LogP contribution in [0.5, 0.6) is 0 Å². The SMILES string of the molecule is COCCC(NC(=O)N(C)CC1CCCO1)C(=O)O. The second-order valence-corrected chi connectivity index (χ2v) is 4.64. The van der Waals surface area contributed by atoms with Gasteiger partial charge in [0.05, 0.1) is 6.10 Å². The fourth-order valence-electron chi connectivity index (χ4n) is 1.93. The van der Waals surface area contributed by atoms with E-state index in [9.17, 15) is 9.59 Å². The van der Waals surface area contributed by atoms with E-state index in [2.05, 4.69) is 5.32 Å². The monoisotopic (exact) mass is 274 g/mol. The summed E-state index contributed by atoms with van der Waals surface area (Å²) in [5.74, 6) is -1.06. The van der Waals surface area contributed by atoms with Crippen molar-refractivity contribution in [3.8, 4) is 0 Å². The zero-order chi connectivity index (χ0) is 14.3. The van der Waals surface area contributed by atoms with Crippen LogP contribution in [0.1, 0.15) is 19.3 Å². The summed E-state index contributed by atoms with van der Waals surface area (Å²) >= 11 is 0. The molecule has 7 heteroatoms. The number of nitrogens with one attached hydrogen (secondary N) is 1. The van der Waals surface area contributed by atoms with Crippen LogP contribution in [0, 0.1) is 0 Å². The van der Waals surface area contributed by atoms with Crippen LogP contribution in [0.15, 0.2) is 0 Å². The van der Waals surface area contributed by atoms with Crippen LogP contribution in [0.3, 0.4) is 0 Å². The molecule has 1 fully saturated rings. The summed E-state index contributed by atoms with van der Waals surface area (Å²) in [6.45, 7) is 1.49. The van der Waals surface area contributed by atoms with Gasteiger partial charge in [-0.05, 0) is 12.8 Å². The normalized spacial score (nSPS) is 20.0. The van der Waals surface area contributed by atoms with E-state index in [1.165, 1.54) is 12.0 Å². The minimum absolute atomic E-state index is 0.0537. The molecule has 0 radical (unpaired) electrons. The highest BCUT2D eigenvalue weighted by Crippen LogP contribution is 2.12. The highest BCUT2D eigenvalue weighted by Gasteiger charge is 2.24. The van der Waals surface area contributed by atoms with Crippen LogP contribution in [0.25, 0.3) is 0 Å². The highest BCUT2D eigenvalue weighted by molar-refractivity contribution is 5.82. The molecule has 0 aromatic rings. The van der Waals surface area contributed by atoms with Crippen molar-refractivity contribution in [1.29, 1.82) is 0 Å². The molecule has 0 aliphatic carbocycles. The summed E-state index contributed by atoms with van der Waals surface area (Å²) in [4.78, 5) is 24.3. The predicted octanol–water partition coefficient (Wildman–Crippen LogP) is 0.297. The number of hydrogen-bond acceptors (Lipinski definition) is 4. The Morgan fingerprint density at radius 2 is 2.32 bits per heavy atom. The summed E-state index contributed by atoms with van der Waals surface area (Å²) in [5, 5.41) is 11.5. The topological polar surface area (TPSA) is 88.1 Å². The van der Waals surface area contributed by atoms with Gasteiger partial charge < -0.3 is 24.8 Å². The quantitative estimate of drug-likeness (QED) is 0.697. The van der Waals surface area contributed by atoms with Crippen molar-refractivity contribution >= 4 is 12.0 Å². The van der Waals surface area contributed by atoms with Gasteiger partial charge in [-0.25, -0.2) is 9.59 Å². The lowest BCUT2D eigenvalue weighted by Gasteiger charge is -2.23. The van der Waals surface area contributed by atoms with Crippen molar-refractivity contribution in [3.05, 3.63) is 0 Å². The summed E-state index contributed by atoms with van der Waals surface area (Å²) in [6, 6.07) is -1.33. The molecule has 1 saturated heterocycles. The van der Waals surface area contributed by atoms with Crippen molar-refractivity contribution in [2.75, 3.05) is 33.9 Å². The van der Waals surface area contributed by atoms with Gasteiger partial charge in [0.1, 0.15) is 6.04 Å². The summed E-state index contributed by atoms with van der Waals surface area (Å²) in [7, 11) is 3.12. The maximum Gasteiger partial charge on any atom is 0.326 e. The Balaban J connectivity index is 2.38. The van der Waals surface area contributed by atoms with Crippen molar-refractivity contribution in [2.24, 2.45) is 0 Å². The van der Waals surface area contributed by atoms with Crippen LogP contribution in [-0.4, -0.2) is 68.1 Å². The Labute approximate surface area is 112 Å². The lowest BCUT2D eigenvalue weighted by atomic mass is 10.2. The molecule has 2 unspecified atom stereocenters. The van der Waals surface area contributed by atoms with Gasteiger partial charge in [-0.15, -0.1) is 0 Å². The van der Waals surface area contributed by atoms with Crippen LogP contribution in [0.2, 0.25) is 0 Å². The number of carbonyl (C=O) groups is 2. The summed E-state index contributed by atoms with van der Waals surface area (Å²) < 4.78 is 10.3. The molecule has 0 spiro atoms. The van der Waals surface area contributed by atoms with Crippen molar-refractivity contribution in [1.82, 2.24) is 10.2 Å². The molecule has 0 aromatic heterocycles. The molecule has 2 atom stereocenters. The standard InChI is InChI=1S/C12H22N2O5/c1-14(8-9-4-3-6-19-9)12(17)13-10(11(15)16)5-7-18-2/h9-10H,3-8H2,1-2H3,(H,13,17)(H,15,16). The van der Waals surface area contributed by atoms with Crippen molar-refractivity contribution < 1.29 is 24.2 Å². The Bertz CT molecular complexity index is 304. The van der Waals surface area contributed by atoms with E-state index < -0.39 is 18.0 Å². The first-order valence-electron chi connectivity index (χ1n) is 6.39. The van der Waals surface area contributed by atoms with Gasteiger partial charge in [0.15, 0.2) is 0 Å². The maximum absolute atomic E-state index is 11.9. The third-order valence-electron chi connectivity index (χ3n) is 3.05. The second-order valence-electron chi connectivity index (χ2n) is 4.64. The fraction of sp³-hybridized carbons (Fsp3) is 0.833. The van der Waals surface area contributed by atoms with Gasteiger partial charge in [0, 0.05) is 40.3 Å². The zero-order valence-electron chi connectivity index (χ0n) is 11.4. The number of methoxy groups -OCH3 is 1. The largest absolute Gasteiger partial charge is 0.480 e. The van der Waals surface area contributed by atoms with Crippen LogP contribution in [0.4, 0.5) is 4.79 Å². The first-order valence-corrected chi connectivity index (χ1v) is 6.39. The van der Waals surface area contributed by atoms with Gasteiger partial charge in [-0.3, -0.25) is 0 Å². The number of ether oxygens (including phenoxy) is 2. The molecule has 1 aliphatic rings. The lowest BCUT2D eigenvalue weighted by molar-refractivity contribution is -0.139. The molecule has 2 amide bonds. The molecule has 19 heavy (non-hydrogen) atoms. The smallest absolute Gasteiger partial charge is 0.326 e. The lowest BCUT2D eigenvalue weighted by Crippen LogP contribution is -2.48. The van der Waals surface area contributed by atoms with Gasteiger partial charge >= 0.3 is 12.0 Å². The van der Waals surface area contributed by atoms with E-state index >= 15 is 0 Å². The van der Waals surface area contributed by atoms with Crippen molar-refractivity contribution in [3.63, 3.8) is 0 Å². The summed E-state index contributed by atoms with van der Waals surface area (Å²) in [6.07, 6.45) is 2.23. The molecule has 110 valence electrons. The molecular weight excluding hydrogens is 252 g/mol. The van der Waals surface area contributed by atoms with E-state index in [1.54, 1.807) is 7.05 Å². The molecule has 0 aromatic carbocycles. The molecule has 1 aliphatic heterocycles. The molecule has 0 bridgehead atoms. The third-order valence-corrected chi connectivity index (χ3v) is 3.05. The fourth-order valence-corrected chi connectivity index (χ4v) is 1.93. The number of amides is 2. The Hall–Kier alpha value is -1.34. The van der Waals surface area contributed by atoms with E-state index in [1.807, 2.05) is 0 Å². The number of rotatable bonds is 7. The average molecular weight is 274 g/mol. The van der Waals surface area contributed by atoms with E-state index in [0.29, 0.717) is 6.54 Å². The molecule has 1 rings (SSSR count). The Morgan fingerprint density at radius 1 is 1.58 bits per heavy atom. The maximum atomic E-state index is 11.9. The molecule has 1 heterocycles. The number of hydrogen-bond donors (Lipinski definition) is 2. The van der Waals surface area contributed by atoms with E-state index in [-0.39, 0.29) is 19.1 Å².